The number of carbonyl (C=O) groups is 1. The molecular weight excluding hydrogens is 300 g/mol. The van der Waals surface area contributed by atoms with Gasteiger partial charge in [-0.2, -0.15) is 0 Å². The maximum Gasteiger partial charge on any atom is 0.410 e. The van der Waals surface area contributed by atoms with Gasteiger partial charge < -0.3 is 15.4 Å². The van der Waals surface area contributed by atoms with Gasteiger partial charge in [0.2, 0.25) is 0 Å². The third-order valence-electron chi connectivity index (χ3n) is 4.64. The maximum absolute atomic E-state index is 12.2. The highest BCUT2D eigenvalue weighted by Crippen LogP contribution is 2.24. The molecule has 126 valence electrons. The molecule has 24 heavy (non-hydrogen) atoms. The number of para-hydroxylation sites is 1. The zero-order valence-corrected chi connectivity index (χ0v) is 13.9. The van der Waals surface area contributed by atoms with Crippen LogP contribution in [0.15, 0.2) is 54.6 Å². The van der Waals surface area contributed by atoms with Gasteiger partial charge in [0.25, 0.3) is 0 Å². The third kappa shape index (κ3) is 4.28. The van der Waals surface area contributed by atoms with Crippen molar-refractivity contribution in [3.8, 4) is 0 Å². The second-order valence-electron chi connectivity index (χ2n) is 6.37. The fourth-order valence-corrected chi connectivity index (χ4v) is 3.16. The van der Waals surface area contributed by atoms with Gasteiger partial charge in [-0.3, -0.25) is 0 Å². The molecule has 1 saturated heterocycles. The number of nitrogens with two attached hydrogens (primary N) is 1. The van der Waals surface area contributed by atoms with E-state index in [1.807, 2.05) is 53.4 Å². The number of nitrogens with zero attached hydrogens (tertiary/aromatic N) is 1. The summed E-state index contributed by atoms with van der Waals surface area (Å²) in [6.07, 6.45) is 2.76. The van der Waals surface area contributed by atoms with E-state index >= 15 is 0 Å². The van der Waals surface area contributed by atoms with Crippen molar-refractivity contribution < 1.29 is 9.53 Å². The molecule has 0 radical (unpaired) electrons. The maximum atomic E-state index is 12.2. The number of nitrogen functional groups attached to an aromatic ring is 1. The van der Waals surface area contributed by atoms with E-state index < -0.39 is 0 Å². The molecule has 0 unspecified atom stereocenters. The van der Waals surface area contributed by atoms with E-state index in [1.165, 1.54) is 5.56 Å². The normalized spacial score (nSPS) is 15.2. The van der Waals surface area contributed by atoms with Crippen LogP contribution in [0.5, 0.6) is 0 Å². The number of likely N-dealkylation sites (tertiary alicyclic amines) is 1. The van der Waals surface area contributed by atoms with Crippen molar-refractivity contribution in [3.63, 3.8) is 0 Å². The Kier molecular flexibility index (Phi) is 5.36. The molecular formula is C20H24N2O2. The topological polar surface area (TPSA) is 55.6 Å². The lowest BCUT2D eigenvalue weighted by Gasteiger charge is -2.31. The molecule has 0 bridgehead atoms. The van der Waals surface area contributed by atoms with Crippen LogP contribution in [-0.2, 0) is 17.8 Å². The van der Waals surface area contributed by atoms with E-state index in [0.29, 0.717) is 12.5 Å². The SMILES string of the molecule is Nc1ccccc1CC1CCN(C(=O)OCc2ccccc2)CC1. The molecule has 0 atom stereocenters. The van der Waals surface area contributed by atoms with Crippen LogP contribution >= 0.6 is 0 Å². The Bertz CT molecular complexity index is 664. The first-order valence-electron chi connectivity index (χ1n) is 8.51. The summed E-state index contributed by atoms with van der Waals surface area (Å²) < 4.78 is 5.41. The number of benzene rings is 2. The van der Waals surface area contributed by atoms with Crippen LogP contribution in [0, 0.1) is 5.92 Å². The number of piperidine rings is 1. The summed E-state index contributed by atoms with van der Waals surface area (Å²) in [7, 11) is 0. The minimum absolute atomic E-state index is 0.212. The zero-order chi connectivity index (χ0) is 16.8. The molecule has 0 aromatic heterocycles. The molecule has 4 nitrogen and oxygen atoms in total. The summed E-state index contributed by atoms with van der Waals surface area (Å²) in [6, 6.07) is 17.8. The summed E-state index contributed by atoms with van der Waals surface area (Å²) >= 11 is 0. The predicted molar refractivity (Wildman–Crippen MR) is 95.5 cm³/mol. The number of hydrogen-bond donors (Lipinski definition) is 1. The lowest BCUT2D eigenvalue weighted by Crippen LogP contribution is -2.39. The molecule has 0 aliphatic carbocycles. The summed E-state index contributed by atoms with van der Waals surface area (Å²) in [5.74, 6) is 0.577. The van der Waals surface area contributed by atoms with Gasteiger partial charge in [-0.15, -0.1) is 0 Å². The van der Waals surface area contributed by atoms with Crippen LogP contribution in [-0.4, -0.2) is 24.1 Å². The van der Waals surface area contributed by atoms with E-state index in [0.717, 1.165) is 43.6 Å². The van der Waals surface area contributed by atoms with Crippen molar-refractivity contribution in [2.75, 3.05) is 18.8 Å². The fraction of sp³-hybridized carbons (Fsp3) is 0.350. The Hall–Kier alpha value is -2.49. The van der Waals surface area contributed by atoms with Gasteiger partial charge in [-0.25, -0.2) is 4.79 Å². The highest BCUT2D eigenvalue weighted by molar-refractivity contribution is 5.67. The molecule has 2 N–H and O–H groups in total. The molecule has 1 aliphatic heterocycles. The minimum atomic E-state index is -0.212. The molecule has 2 aromatic rings. The van der Waals surface area contributed by atoms with Crippen LogP contribution in [0.4, 0.5) is 10.5 Å². The number of ether oxygens (including phenoxy) is 1. The zero-order valence-electron chi connectivity index (χ0n) is 13.9. The van der Waals surface area contributed by atoms with Gasteiger partial charge in [0.05, 0.1) is 0 Å². The molecule has 1 heterocycles. The van der Waals surface area contributed by atoms with E-state index in [9.17, 15) is 4.79 Å². The van der Waals surface area contributed by atoms with E-state index in [1.54, 1.807) is 0 Å². The standard InChI is InChI=1S/C20H24N2O2/c21-19-9-5-4-8-18(19)14-16-10-12-22(13-11-16)20(23)24-15-17-6-2-1-3-7-17/h1-9,16H,10-15,21H2. The molecule has 0 spiro atoms. The van der Waals surface area contributed by atoms with Crippen LogP contribution in [0.1, 0.15) is 24.0 Å². The Balaban J connectivity index is 1.44. The van der Waals surface area contributed by atoms with Crippen LogP contribution < -0.4 is 5.73 Å². The molecule has 2 aromatic carbocycles. The third-order valence-corrected chi connectivity index (χ3v) is 4.64. The lowest BCUT2D eigenvalue weighted by atomic mass is 9.90. The minimum Gasteiger partial charge on any atom is -0.445 e. The van der Waals surface area contributed by atoms with Gasteiger partial charge in [-0.05, 0) is 42.4 Å². The van der Waals surface area contributed by atoms with Crippen LogP contribution in [0.3, 0.4) is 0 Å². The van der Waals surface area contributed by atoms with Crippen molar-refractivity contribution in [2.45, 2.75) is 25.9 Å². The first-order valence-corrected chi connectivity index (χ1v) is 8.51. The number of rotatable bonds is 4. The van der Waals surface area contributed by atoms with Crippen molar-refractivity contribution in [1.82, 2.24) is 4.90 Å². The van der Waals surface area contributed by atoms with Crippen LogP contribution in [0.25, 0.3) is 0 Å². The molecule has 3 rings (SSSR count). The smallest absolute Gasteiger partial charge is 0.410 e. The summed E-state index contributed by atoms with van der Waals surface area (Å²) in [5.41, 5.74) is 9.11. The average molecular weight is 324 g/mol. The Morgan fingerprint density at radius 1 is 1.04 bits per heavy atom. The predicted octanol–water partition coefficient (Wildman–Crippen LogP) is 3.86. The summed E-state index contributed by atoms with van der Waals surface area (Å²) in [5, 5.41) is 0. The van der Waals surface area contributed by atoms with Crippen molar-refractivity contribution in [2.24, 2.45) is 5.92 Å². The number of anilines is 1. The number of amides is 1. The van der Waals surface area contributed by atoms with Crippen molar-refractivity contribution in [1.29, 1.82) is 0 Å². The number of hydrogen-bond acceptors (Lipinski definition) is 3. The molecule has 0 saturated carbocycles. The Morgan fingerprint density at radius 2 is 1.71 bits per heavy atom. The molecule has 1 aliphatic rings. The van der Waals surface area contributed by atoms with E-state index in [2.05, 4.69) is 6.07 Å². The van der Waals surface area contributed by atoms with Gasteiger partial charge in [-0.1, -0.05) is 48.5 Å². The quantitative estimate of drug-likeness (QED) is 0.869. The van der Waals surface area contributed by atoms with Crippen molar-refractivity contribution in [3.05, 3.63) is 65.7 Å². The van der Waals surface area contributed by atoms with E-state index in [-0.39, 0.29) is 6.09 Å². The van der Waals surface area contributed by atoms with Crippen molar-refractivity contribution >= 4 is 11.8 Å². The monoisotopic (exact) mass is 324 g/mol. The molecule has 1 fully saturated rings. The highest BCUT2D eigenvalue weighted by atomic mass is 16.6. The largest absolute Gasteiger partial charge is 0.445 e. The second kappa shape index (κ2) is 7.86. The van der Waals surface area contributed by atoms with Gasteiger partial charge in [0, 0.05) is 18.8 Å². The molecule has 4 heteroatoms. The van der Waals surface area contributed by atoms with Gasteiger partial charge in [0.1, 0.15) is 6.61 Å². The summed E-state index contributed by atoms with van der Waals surface area (Å²) in [4.78, 5) is 14.0. The highest BCUT2D eigenvalue weighted by Gasteiger charge is 2.24. The second-order valence-corrected chi connectivity index (χ2v) is 6.37. The average Bonchev–Trinajstić information content (AvgIpc) is 2.63. The summed E-state index contributed by atoms with van der Waals surface area (Å²) in [6.45, 7) is 1.84. The number of carbonyl (C=O) groups excluding carboxylic acids is 1. The fourth-order valence-electron chi connectivity index (χ4n) is 3.16. The lowest BCUT2D eigenvalue weighted by molar-refractivity contribution is 0.0823. The Morgan fingerprint density at radius 3 is 2.42 bits per heavy atom. The Labute approximate surface area is 143 Å². The van der Waals surface area contributed by atoms with Gasteiger partial charge >= 0.3 is 6.09 Å². The first-order chi connectivity index (χ1) is 11.7. The van der Waals surface area contributed by atoms with E-state index in [4.69, 9.17) is 10.5 Å². The first kappa shape index (κ1) is 16.4. The van der Waals surface area contributed by atoms with Crippen LogP contribution in [0.2, 0.25) is 0 Å². The van der Waals surface area contributed by atoms with Gasteiger partial charge in [0.15, 0.2) is 0 Å². The molecule has 1 amide bonds.